The minimum absolute atomic E-state index is 0.0116. The largest absolute Gasteiger partial charge is 0.378 e. The lowest BCUT2D eigenvalue weighted by Crippen LogP contribution is -2.04. The second-order valence-electron chi connectivity index (χ2n) is 4.17. The van der Waals surface area contributed by atoms with Crippen molar-refractivity contribution in [2.24, 2.45) is 0 Å². The first kappa shape index (κ1) is 13.7. The zero-order valence-electron chi connectivity index (χ0n) is 10.1. The number of benzene rings is 2. The third-order valence-corrected chi connectivity index (χ3v) is 2.96. The molecular formula is C14H11ClF3N. The molecule has 0 saturated heterocycles. The number of hydrogen-bond acceptors (Lipinski definition) is 1. The highest BCUT2D eigenvalue weighted by molar-refractivity contribution is 6.30. The monoisotopic (exact) mass is 285 g/mol. The molecule has 2 aromatic rings. The molecule has 19 heavy (non-hydrogen) atoms. The SMILES string of the molecule is Cc1cc(F)c(NCc2cc(Cl)ccc2F)cc1F. The molecule has 1 nitrogen and oxygen atoms in total. The van der Waals surface area contributed by atoms with Gasteiger partial charge in [-0.15, -0.1) is 0 Å². The lowest BCUT2D eigenvalue weighted by molar-refractivity contribution is 0.593. The maximum atomic E-state index is 13.6. The van der Waals surface area contributed by atoms with Gasteiger partial charge in [0.1, 0.15) is 17.5 Å². The first-order valence-corrected chi connectivity index (χ1v) is 5.98. The van der Waals surface area contributed by atoms with Crippen LogP contribution in [0, 0.1) is 24.4 Å². The molecule has 0 radical (unpaired) electrons. The molecule has 2 aromatic carbocycles. The molecule has 0 aromatic heterocycles. The molecule has 1 N–H and O–H groups in total. The Kier molecular flexibility index (Phi) is 4.00. The van der Waals surface area contributed by atoms with E-state index in [1.807, 2.05) is 0 Å². The zero-order valence-corrected chi connectivity index (χ0v) is 10.9. The van der Waals surface area contributed by atoms with Crippen molar-refractivity contribution in [1.29, 1.82) is 0 Å². The van der Waals surface area contributed by atoms with E-state index in [9.17, 15) is 13.2 Å². The quantitative estimate of drug-likeness (QED) is 0.863. The standard InChI is InChI=1S/C14H11ClF3N/c1-8-4-13(18)14(6-12(8)17)19-7-9-5-10(15)2-3-11(9)16/h2-6,19H,7H2,1H3. The molecule has 0 atom stereocenters. The molecule has 2 rings (SSSR count). The molecular weight excluding hydrogens is 275 g/mol. The van der Waals surface area contributed by atoms with Crippen LogP contribution < -0.4 is 5.32 Å². The molecule has 100 valence electrons. The van der Waals surface area contributed by atoms with Gasteiger partial charge >= 0.3 is 0 Å². The topological polar surface area (TPSA) is 12.0 Å². The fourth-order valence-corrected chi connectivity index (χ4v) is 1.85. The molecule has 0 spiro atoms. The summed E-state index contributed by atoms with van der Waals surface area (Å²) in [4.78, 5) is 0. The number of aryl methyl sites for hydroxylation is 1. The van der Waals surface area contributed by atoms with E-state index >= 15 is 0 Å². The van der Waals surface area contributed by atoms with E-state index in [1.54, 1.807) is 0 Å². The van der Waals surface area contributed by atoms with E-state index < -0.39 is 17.5 Å². The molecule has 0 fully saturated rings. The third kappa shape index (κ3) is 3.20. The van der Waals surface area contributed by atoms with Crippen LogP contribution in [0.2, 0.25) is 5.02 Å². The number of hydrogen-bond donors (Lipinski definition) is 1. The Balaban J connectivity index is 2.19. The van der Waals surface area contributed by atoms with Crippen molar-refractivity contribution < 1.29 is 13.2 Å². The van der Waals surface area contributed by atoms with Crippen molar-refractivity contribution >= 4 is 17.3 Å². The van der Waals surface area contributed by atoms with Gasteiger partial charge in [0.25, 0.3) is 0 Å². The van der Waals surface area contributed by atoms with Crippen LogP contribution in [0.4, 0.5) is 18.9 Å². The van der Waals surface area contributed by atoms with Gasteiger partial charge in [0.15, 0.2) is 0 Å². The summed E-state index contributed by atoms with van der Waals surface area (Å²) < 4.78 is 40.3. The molecule has 5 heteroatoms. The predicted octanol–water partition coefficient (Wildman–Crippen LogP) is 4.68. The van der Waals surface area contributed by atoms with E-state index in [2.05, 4.69) is 5.32 Å². The highest BCUT2D eigenvalue weighted by atomic mass is 35.5. The Bertz CT molecular complexity index is 614. The molecule has 0 amide bonds. The van der Waals surface area contributed by atoms with Crippen LogP contribution in [-0.4, -0.2) is 0 Å². The lowest BCUT2D eigenvalue weighted by atomic mass is 10.1. The van der Waals surface area contributed by atoms with E-state index in [1.165, 1.54) is 25.1 Å². The summed E-state index contributed by atoms with van der Waals surface area (Å²) in [5.41, 5.74) is 0.493. The van der Waals surface area contributed by atoms with Gasteiger partial charge in [0, 0.05) is 23.2 Å². The number of rotatable bonds is 3. The Morgan fingerprint density at radius 1 is 1.00 bits per heavy atom. The van der Waals surface area contributed by atoms with Gasteiger partial charge in [0.05, 0.1) is 5.69 Å². The summed E-state index contributed by atoms with van der Waals surface area (Å²) in [6.45, 7) is 1.49. The van der Waals surface area contributed by atoms with Crippen molar-refractivity contribution in [2.45, 2.75) is 13.5 Å². The van der Waals surface area contributed by atoms with E-state index in [-0.39, 0.29) is 23.4 Å². The average molecular weight is 286 g/mol. The molecule has 0 bridgehead atoms. The van der Waals surface area contributed by atoms with Crippen molar-refractivity contribution in [3.05, 3.63) is 63.9 Å². The van der Waals surface area contributed by atoms with Gasteiger partial charge in [-0.1, -0.05) is 11.6 Å². The van der Waals surface area contributed by atoms with Crippen molar-refractivity contribution in [3.8, 4) is 0 Å². The maximum absolute atomic E-state index is 13.6. The summed E-state index contributed by atoms with van der Waals surface area (Å²) in [5, 5.41) is 3.03. The van der Waals surface area contributed by atoms with E-state index in [4.69, 9.17) is 11.6 Å². The third-order valence-electron chi connectivity index (χ3n) is 2.73. The van der Waals surface area contributed by atoms with E-state index in [0.717, 1.165) is 12.1 Å². The van der Waals surface area contributed by atoms with E-state index in [0.29, 0.717) is 5.02 Å². The molecule has 0 aliphatic heterocycles. The van der Waals surface area contributed by atoms with Gasteiger partial charge < -0.3 is 5.32 Å². The Morgan fingerprint density at radius 3 is 2.47 bits per heavy atom. The summed E-state index contributed by atoms with van der Waals surface area (Å²) in [5.74, 6) is -1.55. The second-order valence-corrected chi connectivity index (χ2v) is 4.61. The predicted molar refractivity (Wildman–Crippen MR) is 69.8 cm³/mol. The van der Waals surface area contributed by atoms with Gasteiger partial charge in [-0.3, -0.25) is 0 Å². The van der Waals surface area contributed by atoms with Gasteiger partial charge in [0.2, 0.25) is 0 Å². The van der Waals surface area contributed by atoms with Gasteiger partial charge in [-0.2, -0.15) is 0 Å². The highest BCUT2D eigenvalue weighted by Gasteiger charge is 2.08. The van der Waals surface area contributed by atoms with Crippen molar-refractivity contribution in [3.63, 3.8) is 0 Å². The van der Waals surface area contributed by atoms with Crippen molar-refractivity contribution in [1.82, 2.24) is 0 Å². The second kappa shape index (κ2) is 5.53. The summed E-state index contributed by atoms with van der Waals surface area (Å²) >= 11 is 5.75. The number of halogens is 4. The summed E-state index contributed by atoms with van der Waals surface area (Å²) in [7, 11) is 0. The fourth-order valence-electron chi connectivity index (χ4n) is 1.65. The van der Waals surface area contributed by atoms with Crippen LogP contribution in [-0.2, 0) is 6.54 Å². The normalized spacial score (nSPS) is 10.6. The first-order chi connectivity index (χ1) is 8.97. The van der Waals surface area contributed by atoms with Crippen LogP contribution >= 0.6 is 11.6 Å². The summed E-state index contributed by atoms with van der Waals surface area (Å²) in [6, 6.07) is 6.23. The zero-order chi connectivity index (χ0) is 14.0. The van der Waals surface area contributed by atoms with Gasteiger partial charge in [-0.05, 0) is 36.8 Å². The molecule has 0 unspecified atom stereocenters. The van der Waals surface area contributed by atoms with Crippen LogP contribution in [0.5, 0.6) is 0 Å². The molecule has 0 heterocycles. The highest BCUT2D eigenvalue weighted by Crippen LogP contribution is 2.21. The summed E-state index contributed by atoms with van der Waals surface area (Å²) in [6.07, 6.45) is 0. The Morgan fingerprint density at radius 2 is 1.74 bits per heavy atom. The first-order valence-electron chi connectivity index (χ1n) is 5.61. The minimum atomic E-state index is -0.582. The van der Waals surface area contributed by atoms with Crippen LogP contribution in [0.15, 0.2) is 30.3 Å². The number of nitrogens with one attached hydrogen (secondary N) is 1. The van der Waals surface area contributed by atoms with Crippen LogP contribution in [0.1, 0.15) is 11.1 Å². The lowest BCUT2D eigenvalue weighted by Gasteiger charge is -2.10. The Labute approximate surface area is 114 Å². The molecule has 0 aliphatic carbocycles. The average Bonchev–Trinajstić information content (AvgIpc) is 2.36. The Hall–Kier alpha value is -1.68. The smallest absolute Gasteiger partial charge is 0.146 e. The molecule has 0 aliphatic rings. The fraction of sp³-hybridized carbons (Fsp3) is 0.143. The van der Waals surface area contributed by atoms with Gasteiger partial charge in [-0.25, -0.2) is 13.2 Å². The number of anilines is 1. The van der Waals surface area contributed by atoms with Crippen LogP contribution in [0.3, 0.4) is 0 Å². The minimum Gasteiger partial charge on any atom is -0.378 e. The maximum Gasteiger partial charge on any atom is 0.146 e. The molecule has 0 saturated carbocycles. The van der Waals surface area contributed by atoms with Crippen molar-refractivity contribution in [2.75, 3.05) is 5.32 Å². The van der Waals surface area contributed by atoms with Crippen LogP contribution in [0.25, 0.3) is 0 Å².